The number of rotatable bonds is 7. The van der Waals surface area contributed by atoms with Gasteiger partial charge in [0.15, 0.2) is 5.16 Å². The predicted octanol–water partition coefficient (Wildman–Crippen LogP) is 4.02. The third kappa shape index (κ3) is 4.78. The number of hydrogen-bond donors (Lipinski definition) is 1. The molecule has 32 heavy (non-hydrogen) atoms. The molecule has 2 heterocycles. The SMILES string of the molecule is COc1ccc(-n2c(SCC(=O)Nc3cccc(OC)c3)nc3c(c2=O)SC(C)C3)cc1. The molecule has 0 saturated heterocycles. The van der Waals surface area contributed by atoms with Gasteiger partial charge in [0.05, 0.1) is 36.2 Å². The van der Waals surface area contributed by atoms with E-state index in [2.05, 4.69) is 12.2 Å². The Balaban J connectivity index is 1.60. The van der Waals surface area contributed by atoms with Crippen molar-refractivity contribution in [2.24, 2.45) is 0 Å². The van der Waals surface area contributed by atoms with E-state index in [4.69, 9.17) is 14.5 Å². The van der Waals surface area contributed by atoms with Gasteiger partial charge in [0, 0.05) is 23.4 Å². The number of ether oxygens (including phenoxy) is 2. The lowest BCUT2D eigenvalue weighted by molar-refractivity contribution is -0.113. The fraction of sp³-hybridized carbons (Fsp3) is 0.261. The second kappa shape index (κ2) is 9.70. The molecule has 0 radical (unpaired) electrons. The van der Waals surface area contributed by atoms with Crippen LogP contribution in [0.2, 0.25) is 0 Å². The predicted molar refractivity (Wildman–Crippen MR) is 128 cm³/mol. The Morgan fingerprint density at radius 1 is 1.19 bits per heavy atom. The summed E-state index contributed by atoms with van der Waals surface area (Å²) in [6.45, 7) is 2.08. The monoisotopic (exact) mass is 469 g/mol. The van der Waals surface area contributed by atoms with Crippen molar-refractivity contribution in [2.75, 3.05) is 25.3 Å². The van der Waals surface area contributed by atoms with Crippen molar-refractivity contribution in [3.05, 3.63) is 64.6 Å². The number of fused-ring (bicyclic) bond motifs is 1. The topological polar surface area (TPSA) is 82.4 Å². The largest absolute Gasteiger partial charge is 0.497 e. The highest BCUT2D eigenvalue weighted by Crippen LogP contribution is 2.35. The van der Waals surface area contributed by atoms with E-state index in [1.807, 2.05) is 24.3 Å². The quantitative estimate of drug-likeness (QED) is 0.413. The number of thioether (sulfide) groups is 2. The van der Waals surface area contributed by atoms with Crippen LogP contribution in [0.4, 0.5) is 5.69 Å². The number of anilines is 1. The second-order valence-corrected chi connectivity index (χ2v) is 9.60. The summed E-state index contributed by atoms with van der Waals surface area (Å²) in [6, 6.07) is 14.4. The van der Waals surface area contributed by atoms with Gasteiger partial charge in [0.25, 0.3) is 5.56 Å². The molecule has 7 nitrogen and oxygen atoms in total. The Kier molecular flexibility index (Phi) is 6.76. The van der Waals surface area contributed by atoms with Crippen LogP contribution in [-0.2, 0) is 11.2 Å². The van der Waals surface area contributed by atoms with E-state index < -0.39 is 0 Å². The van der Waals surface area contributed by atoms with Gasteiger partial charge in [0.1, 0.15) is 11.5 Å². The first kappa shape index (κ1) is 22.3. The average molecular weight is 470 g/mol. The number of methoxy groups -OCH3 is 2. The Hall–Kier alpha value is -2.91. The molecular formula is C23H23N3O4S2. The van der Waals surface area contributed by atoms with E-state index in [9.17, 15) is 9.59 Å². The van der Waals surface area contributed by atoms with Gasteiger partial charge in [-0.1, -0.05) is 24.8 Å². The van der Waals surface area contributed by atoms with Crippen molar-refractivity contribution in [2.45, 2.75) is 28.6 Å². The first-order chi connectivity index (χ1) is 15.5. The van der Waals surface area contributed by atoms with E-state index >= 15 is 0 Å². The van der Waals surface area contributed by atoms with Gasteiger partial charge < -0.3 is 14.8 Å². The highest BCUT2D eigenvalue weighted by Gasteiger charge is 2.27. The van der Waals surface area contributed by atoms with Crippen LogP contribution in [0.5, 0.6) is 11.5 Å². The van der Waals surface area contributed by atoms with E-state index in [1.54, 1.807) is 54.8 Å². The molecule has 1 aliphatic heterocycles. The third-order valence-corrected chi connectivity index (χ3v) is 7.05. The van der Waals surface area contributed by atoms with Crippen molar-refractivity contribution < 1.29 is 14.3 Å². The molecule has 1 aliphatic rings. The first-order valence-corrected chi connectivity index (χ1v) is 11.9. The van der Waals surface area contributed by atoms with E-state index in [-0.39, 0.29) is 17.2 Å². The summed E-state index contributed by atoms with van der Waals surface area (Å²) in [7, 11) is 3.17. The summed E-state index contributed by atoms with van der Waals surface area (Å²) in [5.41, 5.74) is 2.02. The van der Waals surface area contributed by atoms with Crippen LogP contribution < -0.4 is 20.3 Å². The van der Waals surface area contributed by atoms with Crippen LogP contribution in [-0.4, -0.2) is 40.7 Å². The summed E-state index contributed by atoms with van der Waals surface area (Å²) >= 11 is 2.79. The smallest absolute Gasteiger partial charge is 0.272 e. The highest BCUT2D eigenvalue weighted by molar-refractivity contribution is 8.00. The van der Waals surface area contributed by atoms with Crippen LogP contribution in [0.15, 0.2) is 63.4 Å². The molecule has 0 bridgehead atoms. The second-order valence-electron chi connectivity index (χ2n) is 7.21. The van der Waals surface area contributed by atoms with E-state index in [0.29, 0.717) is 38.2 Å². The number of hydrogen-bond acceptors (Lipinski definition) is 7. The Morgan fingerprint density at radius 2 is 1.94 bits per heavy atom. The molecule has 1 atom stereocenters. The third-order valence-electron chi connectivity index (χ3n) is 4.90. The zero-order chi connectivity index (χ0) is 22.7. The minimum atomic E-state index is -0.193. The molecule has 4 rings (SSSR count). The summed E-state index contributed by atoms with van der Waals surface area (Å²) in [5, 5.41) is 3.65. The molecule has 0 fully saturated rings. The van der Waals surface area contributed by atoms with Crippen LogP contribution in [0.25, 0.3) is 5.69 Å². The van der Waals surface area contributed by atoms with Crippen LogP contribution in [0, 0.1) is 0 Å². The first-order valence-electron chi connectivity index (χ1n) is 10.0. The maximum absolute atomic E-state index is 13.3. The zero-order valence-electron chi connectivity index (χ0n) is 18.0. The molecule has 1 aromatic heterocycles. The minimum Gasteiger partial charge on any atom is -0.497 e. The number of aromatic nitrogens is 2. The summed E-state index contributed by atoms with van der Waals surface area (Å²) in [4.78, 5) is 31.4. The summed E-state index contributed by atoms with van der Waals surface area (Å²) in [5.74, 6) is 1.28. The maximum atomic E-state index is 13.3. The molecule has 1 amide bonds. The minimum absolute atomic E-state index is 0.106. The van der Waals surface area contributed by atoms with Crippen molar-refractivity contribution in [3.8, 4) is 17.2 Å². The van der Waals surface area contributed by atoms with Crippen molar-refractivity contribution in [1.29, 1.82) is 0 Å². The number of carbonyl (C=O) groups is 1. The number of carbonyl (C=O) groups excluding carboxylic acids is 1. The average Bonchev–Trinajstić information content (AvgIpc) is 3.18. The lowest BCUT2D eigenvalue weighted by Gasteiger charge is -2.14. The van der Waals surface area contributed by atoms with Crippen LogP contribution >= 0.6 is 23.5 Å². The summed E-state index contributed by atoms with van der Waals surface area (Å²) in [6.07, 6.45) is 0.738. The number of nitrogens with zero attached hydrogens (tertiary/aromatic N) is 2. The Bertz CT molecular complexity index is 1190. The molecule has 3 aromatic rings. The van der Waals surface area contributed by atoms with Gasteiger partial charge in [-0.25, -0.2) is 4.98 Å². The number of benzene rings is 2. The lowest BCUT2D eigenvalue weighted by atomic mass is 10.2. The molecule has 0 aliphatic carbocycles. The Morgan fingerprint density at radius 3 is 2.66 bits per heavy atom. The maximum Gasteiger partial charge on any atom is 0.272 e. The molecule has 1 unspecified atom stereocenters. The zero-order valence-corrected chi connectivity index (χ0v) is 19.6. The van der Waals surface area contributed by atoms with Gasteiger partial charge in [-0.3, -0.25) is 14.2 Å². The van der Waals surface area contributed by atoms with Crippen molar-refractivity contribution >= 4 is 35.1 Å². The normalized spacial score (nSPS) is 14.7. The fourth-order valence-corrected chi connectivity index (χ4v) is 5.31. The Labute approximate surface area is 194 Å². The van der Waals surface area contributed by atoms with E-state index in [0.717, 1.165) is 12.1 Å². The molecular weight excluding hydrogens is 446 g/mol. The van der Waals surface area contributed by atoms with Crippen LogP contribution in [0.3, 0.4) is 0 Å². The molecule has 9 heteroatoms. The lowest BCUT2D eigenvalue weighted by Crippen LogP contribution is -2.24. The number of amides is 1. The number of nitrogens with one attached hydrogen (secondary N) is 1. The molecule has 0 spiro atoms. The van der Waals surface area contributed by atoms with Crippen LogP contribution in [0.1, 0.15) is 12.6 Å². The van der Waals surface area contributed by atoms with Gasteiger partial charge >= 0.3 is 0 Å². The van der Waals surface area contributed by atoms with Gasteiger partial charge in [-0.15, -0.1) is 11.8 Å². The molecule has 0 saturated carbocycles. The van der Waals surface area contributed by atoms with Crippen molar-refractivity contribution in [1.82, 2.24) is 9.55 Å². The van der Waals surface area contributed by atoms with Gasteiger partial charge in [0.2, 0.25) is 5.91 Å². The fourth-order valence-electron chi connectivity index (χ4n) is 3.38. The highest BCUT2D eigenvalue weighted by atomic mass is 32.2. The van der Waals surface area contributed by atoms with Gasteiger partial charge in [-0.2, -0.15) is 0 Å². The van der Waals surface area contributed by atoms with Crippen molar-refractivity contribution in [3.63, 3.8) is 0 Å². The standard InChI is InChI=1S/C23H23N3O4S2/c1-14-11-19-21(32-14)22(28)26(16-7-9-17(29-2)10-8-16)23(25-19)31-13-20(27)24-15-5-4-6-18(12-15)30-3/h4-10,12,14H,11,13H2,1-3H3,(H,24,27). The molecule has 1 N–H and O–H groups in total. The van der Waals surface area contributed by atoms with E-state index in [1.165, 1.54) is 11.8 Å². The summed E-state index contributed by atoms with van der Waals surface area (Å²) < 4.78 is 12.0. The van der Waals surface area contributed by atoms with Gasteiger partial charge in [-0.05, 0) is 36.4 Å². The molecule has 166 valence electrons. The molecule has 2 aromatic carbocycles.